The maximum absolute atomic E-state index is 5.79. The lowest BCUT2D eigenvalue weighted by Crippen LogP contribution is -2.32. The van der Waals surface area contributed by atoms with Gasteiger partial charge in [0.15, 0.2) is 0 Å². The predicted molar refractivity (Wildman–Crippen MR) is 68.9 cm³/mol. The number of rotatable bonds is 6. The van der Waals surface area contributed by atoms with Crippen LogP contribution in [0.1, 0.15) is 39.4 Å². The monoisotopic (exact) mass is 243 g/mol. The molecular weight excluding hydrogens is 222 g/mol. The first-order valence-corrected chi connectivity index (χ1v) is 6.42. The Labute approximate surface area is 103 Å². The first kappa shape index (κ1) is 13.5. The summed E-state index contributed by atoms with van der Waals surface area (Å²) in [5.41, 5.74) is 1.12. The van der Waals surface area contributed by atoms with Crippen LogP contribution in [-0.2, 0) is 6.54 Å². The molecule has 1 rings (SSSR count). The van der Waals surface area contributed by atoms with Crippen molar-refractivity contribution in [1.82, 2.24) is 14.7 Å². The van der Waals surface area contributed by atoms with Gasteiger partial charge in [-0.1, -0.05) is 0 Å². The third-order valence-electron chi connectivity index (χ3n) is 2.66. The van der Waals surface area contributed by atoms with Crippen molar-refractivity contribution in [2.45, 2.75) is 46.3 Å². The number of alkyl halides is 1. The Morgan fingerprint density at radius 1 is 1.38 bits per heavy atom. The Morgan fingerprint density at radius 2 is 2.06 bits per heavy atom. The first-order chi connectivity index (χ1) is 7.54. The number of hydrogen-bond donors (Lipinski definition) is 0. The molecular formula is C12H22ClN3. The van der Waals surface area contributed by atoms with Gasteiger partial charge in [-0.15, -0.1) is 11.6 Å². The number of aromatic nitrogens is 2. The fraction of sp³-hybridized carbons (Fsp3) is 0.750. The predicted octanol–water partition coefficient (Wildman–Crippen LogP) is 2.91. The van der Waals surface area contributed by atoms with Crippen LogP contribution in [0.4, 0.5) is 0 Å². The van der Waals surface area contributed by atoms with E-state index in [0.29, 0.717) is 18.0 Å². The topological polar surface area (TPSA) is 21.1 Å². The molecule has 0 aliphatic rings. The second kappa shape index (κ2) is 6.26. The molecule has 0 atom stereocenters. The van der Waals surface area contributed by atoms with E-state index in [0.717, 1.165) is 18.8 Å². The summed E-state index contributed by atoms with van der Waals surface area (Å²) in [5, 5.41) is 4.55. The third-order valence-corrected chi connectivity index (χ3v) is 2.83. The lowest BCUT2D eigenvalue weighted by atomic mass is 10.3. The van der Waals surface area contributed by atoms with Crippen LogP contribution >= 0.6 is 11.6 Å². The molecule has 0 spiro atoms. The normalized spacial score (nSPS) is 12.0. The Kier molecular flexibility index (Phi) is 5.29. The molecule has 0 aromatic carbocycles. The van der Waals surface area contributed by atoms with Crippen LogP contribution in [0.2, 0.25) is 0 Å². The smallest absolute Gasteiger partial charge is 0.0765 e. The summed E-state index contributed by atoms with van der Waals surface area (Å²) in [7, 11) is 0. The fourth-order valence-electron chi connectivity index (χ4n) is 1.59. The average Bonchev–Trinajstić information content (AvgIpc) is 2.65. The molecule has 1 aromatic rings. The highest BCUT2D eigenvalue weighted by molar-refractivity contribution is 6.18. The Hall–Kier alpha value is -0.540. The molecule has 0 saturated heterocycles. The molecule has 0 amide bonds. The van der Waals surface area contributed by atoms with Crippen LogP contribution in [0, 0.1) is 0 Å². The van der Waals surface area contributed by atoms with Crippen molar-refractivity contribution in [2.75, 3.05) is 12.4 Å². The lowest BCUT2D eigenvalue weighted by Gasteiger charge is -2.24. The molecule has 0 aliphatic carbocycles. The number of hydrogen-bond acceptors (Lipinski definition) is 2. The highest BCUT2D eigenvalue weighted by Gasteiger charge is 2.11. The van der Waals surface area contributed by atoms with E-state index in [-0.39, 0.29) is 0 Å². The summed E-state index contributed by atoms with van der Waals surface area (Å²) >= 11 is 5.79. The van der Waals surface area contributed by atoms with Gasteiger partial charge in [0.05, 0.1) is 5.69 Å². The minimum absolute atomic E-state index is 0.425. The van der Waals surface area contributed by atoms with Crippen LogP contribution < -0.4 is 0 Å². The molecule has 0 bridgehead atoms. The molecule has 3 nitrogen and oxygen atoms in total. The molecule has 0 aliphatic heterocycles. The molecule has 0 saturated carbocycles. The van der Waals surface area contributed by atoms with E-state index in [1.807, 2.05) is 10.9 Å². The standard InChI is InChI=1S/C12H22ClN3/c1-10(2)15(8-6-13)9-12-5-7-16(14-12)11(3)4/h5,7,10-11H,6,8-9H2,1-4H3. The zero-order valence-electron chi connectivity index (χ0n) is 10.7. The SMILES string of the molecule is CC(C)N(CCCl)Cc1ccn(C(C)C)n1. The van der Waals surface area contributed by atoms with Gasteiger partial charge in [0.25, 0.3) is 0 Å². The van der Waals surface area contributed by atoms with E-state index in [1.54, 1.807) is 0 Å². The van der Waals surface area contributed by atoms with E-state index in [4.69, 9.17) is 11.6 Å². The van der Waals surface area contributed by atoms with Gasteiger partial charge in [-0.25, -0.2) is 0 Å². The average molecular weight is 244 g/mol. The van der Waals surface area contributed by atoms with Gasteiger partial charge < -0.3 is 0 Å². The van der Waals surface area contributed by atoms with Gasteiger partial charge in [-0.2, -0.15) is 5.10 Å². The van der Waals surface area contributed by atoms with Crippen LogP contribution in [0.15, 0.2) is 12.3 Å². The second-order valence-electron chi connectivity index (χ2n) is 4.63. The third kappa shape index (κ3) is 3.80. The van der Waals surface area contributed by atoms with Crippen LogP contribution in [0.5, 0.6) is 0 Å². The summed E-state index contributed by atoms with van der Waals surface area (Å²) in [6.45, 7) is 10.4. The van der Waals surface area contributed by atoms with E-state index in [1.165, 1.54) is 0 Å². The van der Waals surface area contributed by atoms with Gasteiger partial charge in [-0.3, -0.25) is 9.58 Å². The fourth-order valence-corrected chi connectivity index (χ4v) is 1.80. The maximum Gasteiger partial charge on any atom is 0.0765 e. The largest absolute Gasteiger partial charge is 0.294 e. The Bertz CT molecular complexity index is 307. The summed E-state index contributed by atoms with van der Waals surface area (Å²) in [6, 6.07) is 3.01. The van der Waals surface area contributed by atoms with Crippen molar-refractivity contribution in [3.63, 3.8) is 0 Å². The number of nitrogens with zero attached hydrogens (tertiary/aromatic N) is 3. The van der Waals surface area contributed by atoms with Gasteiger partial charge in [0.1, 0.15) is 0 Å². The molecule has 92 valence electrons. The highest BCUT2D eigenvalue weighted by Crippen LogP contribution is 2.09. The second-order valence-corrected chi connectivity index (χ2v) is 5.01. The van der Waals surface area contributed by atoms with Crippen molar-refractivity contribution in [3.8, 4) is 0 Å². The van der Waals surface area contributed by atoms with Crippen molar-refractivity contribution >= 4 is 11.6 Å². The van der Waals surface area contributed by atoms with Gasteiger partial charge in [0.2, 0.25) is 0 Å². The minimum Gasteiger partial charge on any atom is -0.294 e. The van der Waals surface area contributed by atoms with Crippen molar-refractivity contribution in [1.29, 1.82) is 0 Å². The van der Waals surface area contributed by atoms with Gasteiger partial charge >= 0.3 is 0 Å². The van der Waals surface area contributed by atoms with Crippen LogP contribution in [0.3, 0.4) is 0 Å². The van der Waals surface area contributed by atoms with Crippen molar-refractivity contribution in [2.24, 2.45) is 0 Å². The molecule has 1 aromatic heterocycles. The molecule has 1 heterocycles. The molecule has 4 heteroatoms. The maximum atomic E-state index is 5.79. The summed E-state index contributed by atoms with van der Waals surface area (Å²) < 4.78 is 1.99. The van der Waals surface area contributed by atoms with Crippen LogP contribution in [0.25, 0.3) is 0 Å². The van der Waals surface area contributed by atoms with E-state index < -0.39 is 0 Å². The summed E-state index contributed by atoms with van der Waals surface area (Å²) in [5.74, 6) is 0.670. The summed E-state index contributed by atoms with van der Waals surface area (Å²) in [4.78, 5) is 2.33. The molecule has 16 heavy (non-hydrogen) atoms. The molecule has 0 radical (unpaired) electrons. The minimum atomic E-state index is 0.425. The van der Waals surface area contributed by atoms with Crippen molar-refractivity contribution in [3.05, 3.63) is 18.0 Å². The van der Waals surface area contributed by atoms with Gasteiger partial charge in [-0.05, 0) is 33.8 Å². The molecule has 0 unspecified atom stereocenters. The van der Waals surface area contributed by atoms with E-state index in [9.17, 15) is 0 Å². The van der Waals surface area contributed by atoms with E-state index in [2.05, 4.69) is 43.8 Å². The molecule has 0 N–H and O–H groups in total. The number of halogens is 1. The zero-order valence-corrected chi connectivity index (χ0v) is 11.4. The van der Waals surface area contributed by atoms with Crippen molar-refractivity contribution < 1.29 is 0 Å². The summed E-state index contributed by atoms with van der Waals surface area (Å²) in [6.07, 6.45) is 2.04. The Morgan fingerprint density at radius 3 is 2.50 bits per heavy atom. The first-order valence-electron chi connectivity index (χ1n) is 5.88. The van der Waals surface area contributed by atoms with Crippen LogP contribution in [-0.4, -0.2) is 33.1 Å². The lowest BCUT2D eigenvalue weighted by molar-refractivity contribution is 0.222. The highest BCUT2D eigenvalue weighted by atomic mass is 35.5. The van der Waals surface area contributed by atoms with Gasteiger partial charge in [0, 0.05) is 37.3 Å². The van der Waals surface area contributed by atoms with E-state index >= 15 is 0 Å². The quantitative estimate of drug-likeness (QED) is 0.717. The zero-order chi connectivity index (χ0) is 12.1. The Balaban J connectivity index is 2.62. The molecule has 0 fully saturated rings.